The SMILES string of the molecule is CCCCCc1cnc(C=Nc2ccc(-c3ccc(F)c(F)c3)cc2F)s1.CCCCCc1cnc(C=O)s1.Nc1ccc(-c2ccc(F)c(F)c2)cc1F. The summed E-state index contributed by atoms with van der Waals surface area (Å²) in [6, 6.07) is 15.4. The number of nitrogen functional groups attached to an aromatic ring is 1. The lowest BCUT2D eigenvalue weighted by Crippen LogP contribution is -1.91. The van der Waals surface area contributed by atoms with E-state index in [2.05, 4.69) is 28.8 Å². The molecule has 0 bridgehead atoms. The summed E-state index contributed by atoms with van der Waals surface area (Å²) < 4.78 is 79.5. The fourth-order valence-electron chi connectivity index (χ4n) is 5.06. The summed E-state index contributed by atoms with van der Waals surface area (Å²) >= 11 is 3.06. The van der Waals surface area contributed by atoms with Crippen LogP contribution in [-0.2, 0) is 12.8 Å². The van der Waals surface area contributed by atoms with Gasteiger partial charge in [-0.1, -0.05) is 63.8 Å². The highest BCUT2D eigenvalue weighted by atomic mass is 32.1. The van der Waals surface area contributed by atoms with E-state index >= 15 is 0 Å². The number of aryl methyl sites for hydroxylation is 2. The van der Waals surface area contributed by atoms with Crippen molar-refractivity contribution in [3.63, 3.8) is 0 Å². The Morgan fingerprint density at radius 3 is 1.49 bits per heavy atom. The van der Waals surface area contributed by atoms with Crippen molar-refractivity contribution in [1.29, 1.82) is 0 Å². The molecule has 0 aliphatic carbocycles. The molecule has 2 aromatic heterocycles. The van der Waals surface area contributed by atoms with Gasteiger partial charge in [0.15, 0.2) is 34.6 Å². The molecule has 2 N–H and O–H groups in total. The number of thiazole rings is 2. The van der Waals surface area contributed by atoms with Gasteiger partial charge >= 0.3 is 0 Å². The Labute approximate surface area is 324 Å². The summed E-state index contributed by atoms with van der Waals surface area (Å²) in [4.78, 5) is 25.1. The first-order chi connectivity index (χ1) is 26.5. The molecule has 0 saturated carbocycles. The van der Waals surface area contributed by atoms with Crippen molar-refractivity contribution in [2.24, 2.45) is 4.99 Å². The fourth-order valence-corrected chi connectivity index (χ4v) is 6.67. The maximum atomic E-state index is 14.3. The Bertz CT molecular complexity index is 2140. The average Bonchev–Trinajstić information content (AvgIpc) is 3.85. The number of halogens is 6. The largest absolute Gasteiger partial charge is 0.396 e. The summed E-state index contributed by atoms with van der Waals surface area (Å²) in [7, 11) is 0. The van der Waals surface area contributed by atoms with Gasteiger partial charge in [-0.3, -0.25) is 9.79 Å². The zero-order valence-electron chi connectivity index (χ0n) is 30.3. The number of hydrogen-bond donors (Lipinski definition) is 1. The number of nitrogens with zero attached hydrogens (tertiary/aromatic N) is 3. The number of aromatic nitrogens is 2. The quantitative estimate of drug-likeness (QED) is 0.0415. The van der Waals surface area contributed by atoms with E-state index in [0.29, 0.717) is 27.3 Å². The molecule has 0 spiro atoms. The molecule has 288 valence electrons. The van der Waals surface area contributed by atoms with Gasteiger partial charge in [0.2, 0.25) is 0 Å². The molecule has 0 unspecified atom stereocenters. The number of nitrogens with two attached hydrogens (primary N) is 1. The Morgan fingerprint density at radius 2 is 1.04 bits per heavy atom. The summed E-state index contributed by atoms with van der Waals surface area (Å²) in [5, 5.41) is 1.33. The monoisotopic (exact) mass is 794 g/mol. The lowest BCUT2D eigenvalue weighted by atomic mass is 10.0. The molecule has 0 amide bonds. The van der Waals surface area contributed by atoms with Crippen LogP contribution in [0.2, 0.25) is 0 Å². The van der Waals surface area contributed by atoms with E-state index < -0.39 is 34.9 Å². The van der Waals surface area contributed by atoms with E-state index in [0.717, 1.165) is 54.8 Å². The van der Waals surface area contributed by atoms with Gasteiger partial charge in [-0.2, -0.15) is 0 Å². The number of unbranched alkanes of at least 4 members (excludes halogenated alkanes) is 4. The summed E-state index contributed by atoms with van der Waals surface area (Å²) in [5.41, 5.74) is 7.21. The number of anilines is 1. The standard InChI is InChI=1S/C21H19F3N2S.C12H8F3N.C9H13NOS/c1-2-3-4-5-16-12-26-21(27-16)13-25-20-9-7-15(11-19(20)24)14-6-8-17(22)18(23)10-14;13-9-3-1-7(5-10(9)14)8-2-4-12(16)11(15)6-8;1-2-3-4-5-8-6-10-9(7-11)12-8/h6-13H,2-5H2,1H3;1-6H,16H2;6-7H,2-5H2,1H3. The van der Waals surface area contributed by atoms with Crippen LogP contribution in [0.1, 0.15) is 76.9 Å². The number of hydrogen-bond acceptors (Lipinski definition) is 7. The lowest BCUT2D eigenvalue weighted by molar-refractivity contribution is 0.112. The molecule has 55 heavy (non-hydrogen) atoms. The van der Waals surface area contributed by atoms with Crippen molar-refractivity contribution in [3.05, 3.63) is 140 Å². The van der Waals surface area contributed by atoms with Crippen LogP contribution in [0.4, 0.5) is 37.7 Å². The molecule has 0 aliphatic rings. The van der Waals surface area contributed by atoms with Crippen molar-refractivity contribution >= 4 is 46.5 Å². The van der Waals surface area contributed by atoms with E-state index in [1.165, 1.54) is 89.6 Å². The molecule has 2 heterocycles. The zero-order valence-corrected chi connectivity index (χ0v) is 31.9. The first kappa shape index (κ1) is 42.6. The van der Waals surface area contributed by atoms with E-state index in [-0.39, 0.29) is 11.4 Å². The van der Waals surface area contributed by atoms with Gasteiger partial charge in [0.05, 0.1) is 17.6 Å². The second-order valence-corrected chi connectivity index (χ2v) is 14.6. The summed E-state index contributed by atoms with van der Waals surface area (Å²) in [6.07, 6.45) is 15.3. The third-order valence-corrected chi connectivity index (χ3v) is 10.0. The maximum absolute atomic E-state index is 14.3. The molecule has 5 nitrogen and oxygen atoms in total. The molecule has 0 saturated heterocycles. The van der Waals surface area contributed by atoms with Gasteiger partial charge in [0.1, 0.15) is 16.6 Å². The smallest absolute Gasteiger partial charge is 0.178 e. The van der Waals surface area contributed by atoms with Crippen LogP contribution >= 0.6 is 22.7 Å². The Morgan fingerprint density at radius 1 is 0.582 bits per heavy atom. The summed E-state index contributed by atoms with van der Waals surface area (Å²) in [6.45, 7) is 4.35. The molecule has 6 aromatic rings. The number of aliphatic imine (C=N–C) groups is 1. The topological polar surface area (TPSA) is 81.2 Å². The highest BCUT2D eigenvalue weighted by Gasteiger charge is 2.09. The van der Waals surface area contributed by atoms with Crippen molar-refractivity contribution in [2.75, 3.05) is 5.73 Å². The first-order valence-electron chi connectivity index (χ1n) is 17.6. The van der Waals surface area contributed by atoms with Crippen molar-refractivity contribution in [3.8, 4) is 22.3 Å². The van der Waals surface area contributed by atoms with E-state index in [1.807, 2.05) is 12.4 Å². The molecular formula is C42H40F6N4OS2. The Kier molecular flexibility index (Phi) is 16.8. The summed E-state index contributed by atoms with van der Waals surface area (Å²) in [5.74, 6) is -4.91. The molecule has 13 heteroatoms. The van der Waals surface area contributed by atoms with E-state index in [4.69, 9.17) is 5.73 Å². The second kappa shape index (κ2) is 21.7. The van der Waals surface area contributed by atoms with E-state index in [9.17, 15) is 31.1 Å². The van der Waals surface area contributed by atoms with Crippen molar-refractivity contribution in [2.45, 2.75) is 65.2 Å². The van der Waals surface area contributed by atoms with Gasteiger partial charge in [0.25, 0.3) is 0 Å². The minimum Gasteiger partial charge on any atom is -0.396 e. The maximum Gasteiger partial charge on any atom is 0.178 e. The van der Waals surface area contributed by atoms with Crippen LogP contribution in [0, 0.1) is 34.9 Å². The van der Waals surface area contributed by atoms with Gasteiger partial charge in [-0.25, -0.2) is 36.3 Å². The molecule has 0 atom stereocenters. The van der Waals surface area contributed by atoms with Gasteiger partial charge in [-0.15, -0.1) is 22.7 Å². The van der Waals surface area contributed by atoms with Crippen LogP contribution in [-0.4, -0.2) is 22.5 Å². The number of aldehydes is 1. The normalized spacial score (nSPS) is 10.8. The zero-order chi connectivity index (χ0) is 39.7. The van der Waals surface area contributed by atoms with Crippen LogP contribution in [0.3, 0.4) is 0 Å². The predicted octanol–water partition coefficient (Wildman–Crippen LogP) is 12.8. The highest BCUT2D eigenvalue weighted by Crippen LogP contribution is 2.28. The van der Waals surface area contributed by atoms with Gasteiger partial charge < -0.3 is 5.73 Å². The third kappa shape index (κ3) is 13.3. The number of carbonyl (C=O) groups is 1. The molecule has 6 rings (SSSR count). The second-order valence-electron chi connectivity index (χ2n) is 12.3. The third-order valence-electron chi connectivity index (χ3n) is 8.07. The molecule has 0 fully saturated rings. The minimum absolute atomic E-state index is 0.0198. The first-order valence-corrected chi connectivity index (χ1v) is 19.3. The van der Waals surface area contributed by atoms with Gasteiger partial charge in [-0.05, 0) is 96.5 Å². The van der Waals surface area contributed by atoms with Crippen LogP contribution < -0.4 is 5.73 Å². The molecule has 0 radical (unpaired) electrons. The predicted molar refractivity (Wildman–Crippen MR) is 211 cm³/mol. The highest BCUT2D eigenvalue weighted by molar-refractivity contribution is 7.13. The number of benzene rings is 4. The Hall–Kier alpha value is -5.14. The van der Waals surface area contributed by atoms with Gasteiger partial charge in [0, 0.05) is 22.1 Å². The average molecular weight is 795 g/mol. The lowest BCUT2D eigenvalue weighted by Gasteiger charge is -2.04. The van der Waals surface area contributed by atoms with E-state index in [1.54, 1.807) is 29.7 Å². The molecule has 0 aliphatic heterocycles. The van der Waals surface area contributed by atoms with Crippen molar-refractivity contribution in [1.82, 2.24) is 9.97 Å². The Balaban J connectivity index is 0.000000203. The molecule has 4 aromatic carbocycles. The van der Waals surface area contributed by atoms with Crippen LogP contribution in [0.5, 0.6) is 0 Å². The van der Waals surface area contributed by atoms with Crippen LogP contribution in [0.25, 0.3) is 22.3 Å². The number of carbonyl (C=O) groups excluding carboxylic acids is 1. The number of rotatable bonds is 13. The van der Waals surface area contributed by atoms with Crippen molar-refractivity contribution < 1.29 is 31.1 Å². The fraction of sp³-hybridized carbons (Fsp3) is 0.238. The minimum atomic E-state index is -0.964. The molecular weight excluding hydrogens is 755 g/mol. The van der Waals surface area contributed by atoms with Crippen LogP contribution in [0.15, 0.2) is 90.2 Å².